The number of hydrogen-bond donors (Lipinski definition) is 2. The zero-order chi connectivity index (χ0) is 6.69. The number of rotatable bonds is 1. The molecule has 2 atom stereocenters. The summed E-state index contributed by atoms with van der Waals surface area (Å²) in [6, 6.07) is 0.598. The highest BCUT2D eigenvalue weighted by molar-refractivity contribution is 4.75. The van der Waals surface area contributed by atoms with E-state index in [1.807, 2.05) is 0 Å². The molecule has 2 heteroatoms. The van der Waals surface area contributed by atoms with Crippen LogP contribution >= 0.6 is 0 Å². The molecule has 0 amide bonds. The van der Waals surface area contributed by atoms with Gasteiger partial charge >= 0.3 is 0 Å². The second kappa shape index (κ2) is 3.18. The number of piperidine rings is 1. The number of nitrogens with two attached hydrogens (primary N) is 1. The van der Waals surface area contributed by atoms with Crippen LogP contribution in [0.5, 0.6) is 0 Å². The van der Waals surface area contributed by atoms with Crippen molar-refractivity contribution in [2.75, 3.05) is 13.1 Å². The van der Waals surface area contributed by atoms with Crippen LogP contribution in [0.2, 0.25) is 0 Å². The van der Waals surface area contributed by atoms with Crippen molar-refractivity contribution >= 4 is 0 Å². The molecule has 0 aromatic heterocycles. The van der Waals surface area contributed by atoms with Crippen LogP contribution in [0.3, 0.4) is 0 Å². The van der Waals surface area contributed by atoms with Gasteiger partial charge in [-0.1, -0.05) is 6.92 Å². The van der Waals surface area contributed by atoms with Crippen molar-refractivity contribution < 1.29 is 0 Å². The zero-order valence-corrected chi connectivity index (χ0v) is 6.06. The summed E-state index contributed by atoms with van der Waals surface area (Å²) < 4.78 is 0. The maximum absolute atomic E-state index is 5.49. The van der Waals surface area contributed by atoms with Crippen LogP contribution in [0, 0.1) is 5.92 Å². The van der Waals surface area contributed by atoms with Crippen molar-refractivity contribution in [3.63, 3.8) is 0 Å². The van der Waals surface area contributed by atoms with Gasteiger partial charge in [-0.05, 0) is 25.3 Å². The summed E-state index contributed by atoms with van der Waals surface area (Å²) in [6.45, 7) is 4.23. The minimum Gasteiger partial charge on any atom is -0.329 e. The molecule has 1 saturated heterocycles. The van der Waals surface area contributed by atoms with Crippen molar-refractivity contribution in [3.8, 4) is 0 Å². The van der Waals surface area contributed by atoms with E-state index in [1.54, 1.807) is 0 Å². The van der Waals surface area contributed by atoms with E-state index in [2.05, 4.69) is 12.2 Å². The molecular weight excluding hydrogens is 112 g/mol. The van der Waals surface area contributed by atoms with Crippen LogP contribution in [0.1, 0.15) is 19.8 Å². The maximum Gasteiger partial charge on any atom is 0.0190 e. The van der Waals surface area contributed by atoms with Gasteiger partial charge < -0.3 is 11.1 Å². The molecule has 1 aliphatic heterocycles. The summed E-state index contributed by atoms with van der Waals surface area (Å²) in [5.74, 6) is 0.854. The molecule has 0 saturated carbocycles. The molecule has 1 fully saturated rings. The summed E-state index contributed by atoms with van der Waals surface area (Å²) >= 11 is 0. The molecule has 1 heterocycles. The van der Waals surface area contributed by atoms with E-state index in [4.69, 9.17) is 5.73 Å². The maximum atomic E-state index is 5.49. The Morgan fingerprint density at radius 1 is 1.56 bits per heavy atom. The topological polar surface area (TPSA) is 38.0 Å². The Balaban J connectivity index is 2.18. The van der Waals surface area contributed by atoms with E-state index in [0.29, 0.717) is 6.04 Å². The molecule has 3 N–H and O–H groups in total. The number of nitrogens with one attached hydrogen (secondary N) is 1. The third-order valence-corrected chi connectivity index (χ3v) is 2.05. The molecule has 1 aliphatic rings. The average molecular weight is 128 g/mol. The second-order valence-electron chi connectivity index (χ2n) is 3.02. The molecular formula is C7H16N2. The van der Waals surface area contributed by atoms with Crippen LogP contribution < -0.4 is 11.1 Å². The lowest BCUT2D eigenvalue weighted by Gasteiger charge is -2.26. The van der Waals surface area contributed by atoms with Crippen molar-refractivity contribution in [1.82, 2.24) is 5.32 Å². The van der Waals surface area contributed by atoms with Gasteiger partial charge in [-0.15, -0.1) is 0 Å². The van der Waals surface area contributed by atoms with Crippen LogP contribution in [0.25, 0.3) is 0 Å². The van der Waals surface area contributed by atoms with Gasteiger partial charge in [0.25, 0.3) is 0 Å². The van der Waals surface area contributed by atoms with E-state index in [-0.39, 0.29) is 0 Å². The summed E-state index contributed by atoms with van der Waals surface area (Å²) in [5.41, 5.74) is 5.49. The van der Waals surface area contributed by atoms with Gasteiger partial charge in [-0.3, -0.25) is 0 Å². The normalized spacial score (nSPS) is 36.7. The SMILES string of the molecule is CC1CCC(CN)NC1. The molecule has 9 heavy (non-hydrogen) atoms. The fourth-order valence-corrected chi connectivity index (χ4v) is 1.26. The van der Waals surface area contributed by atoms with E-state index in [9.17, 15) is 0 Å². The molecule has 0 aromatic carbocycles. The van der Waals surface area contributed by atoms with E-state index in [0.717, 1.165) is 19.0 Å². The molecule has 54 valence electrons. The quantitative estimate of drug-likeness (QED) is 0.534. The van der Waals surface area contributed by atoms with Crippen LogP contribution in [0.4, 0.5) is 0 Å². The van der Waals surface area contributed by atoms with Crippen LogP contribution in [0.15, 0.2) is 0 Å². The Kier molecular flexibility index (Phi) is 2.49. The highest BCUT2D eigenvalue weighted by Crippen LogP contribution is 2.11. The fourth-order valence-electron chi connectivity index (χ4n) is 1.26. The average Bonchev–Trinajstić information content (AvgIpc) is 1.90. The summed E-state index contributed by atoms with van der Waals surface area (Å²) in [7, 11) is 0. The molecule has 0 bridgehead atoms. The Morgan fingerprint density at radius 3 is 2.78 bits per heavy atom. The first kappa shape index (κ1) is 7.03. The largest absolute Gasteiger partial charge is 0.329 e. The molecule has 0 spiro atoms. The minimum absolute atomic E-state index is 0.598. The van der Waals surface area contributed by atoms with E-state index < -0.39 is 0 Å². The standard InChI is InChI=1S/C7H16N2/c1-6-2-3-7(4-8)9-5-6/h6-7,9H,2-5,8H2,1H3. The van der Waals surface area contributed by atoms with Crippen LogP contribution in [-0.4, -0.2) is 19.1 Å². The first-order valence-electron chi connectivity index (χ1n) is 3.76. The lowest BCUT2D eigenvalue weighted by Crippen LogP contribution is -2.42. The van der Waals surface area contributed by atoms with Gasteiger partial charge in [-0.2, -0.15) is 0 Å². The molecule has 0 aromatic rings. The lowest BCUT2D eigenvalue weighted by molar-refractivity contribution is 0.332. The Bertz CT molecular complexity index is 75.0. The van der Waals surface area contributed by atoms with Gasteiger partial charge in [0.2, 0.25) is 0 Å². The Labute approximate surface area is 56.8 Å². The monoisotopic (exact) mass is 128 g/mol. The van der Waals surface area contributed by atoms with Crippen molar-refractivity contribution in [3.05, 3.63) is 0 Å². The summed E-state index contributed by atoms with van der Waals surface area (Å²) in [6.07, 6.45) is 2.60. The first-order chi connectivity index (χ1) is 4.33. The third kappa shape index (κ3) is 1.95. The van der Waals surface area contributed by atoms with Gasteiger partial charge in [0.15, 0.2) is 0 Å². The van der Waals surface area contributed by atoms with E-state index >= 15 is 0 Å². The predicted molar refractivity (Wildman–Crippen MR) is 39.2 cm³/mol. The highest BCUT2D eigenvalue weighted by atomic mass is 14.9. The van der Waals surface area contributed by atoms with Gasteiger partial charge in [0.1, 0.15) is 0 Å². The molecule has 2 nitrogen and oxygen atoms in total. The van der Waals surface area contributed by atoms with Gasteiger partial charge in [-0.25, -0.2) is 0 Å². The molecule has 0 aliphatic carbocycles. The molecule has 2 unspecified atom stereocenters. The molecule has 1 rings (SSSR count). The highest BCUT2D eigenvalue weighted by Gasteiger charge is 2.14. The minimum atomic E-state index is 0.598. The van der Waals surface area contributed by atoms with Crippen molar-refractivity contribution in [2.24, 2.45) is 11.7 Å². The summed E-state index contributed by atoms with van der Waals surface area (Å²) in [4.78, 5) is 0. The Hall–Kier alpha value is -0.0800. The van der Waals surface area contributed by atoms with Crippen molar-refractivity contribution in [1.29, 1.82) is 0 Å². The Morgan fingerprint density at radius 2 is 2.33 bits per heavy atom. The van der Waals surface area contributed by atoms with Gasteiger partial charge in [0.05, 0.1) is 0 Å². The summed E-state index contributed by atoms with van der Waals surface area (Å²) in [5, 5.41) is 3.39. The zero-order valence-electron chi connectivity index (χ0n) is 6.06. The van der Waals surface area contributed by atoms with Crippen LogP contribution in [-0.2, 0) is 0 Å². The smallest absolute Gasteiger partial charge is 0.0190 e. The van der Waals surface area contributed by atoms with E-state index in [1.165, 1.54) is 12.8 Å². The lowest BCUT2D eigenvalue weighted by atomic mass is 9.97. The van der Waals surface area contributed by atoms with Gasteiger partial charge in [0, 0.05) is 12.6 Å². The predicted octanol–water partition coefficient (Wildman–Crippen LogP) is 0.333. The van der Waals surface area contributed by atoms with Crippen molar-refractivity contribution in [2.45, 2.75) is 25.8 Å². The fraction of sp³-hybridized carbons (Fsp3) is 1.00. The third-order valence-electron chi connectivity index (χ3n) is 2.05. The second-order valence-corrected chi connectivity index (χ2v) is 3.02. The molecule has 0 radical (unpaired) electrons. The number of hydrogen-bond acceptors (Lipinski definition) is 2. The first-order valence-corrected chi connectivity index (χ1v) is 3.76.